The highest BCUT2D eigenvalue weighted by Crippen LogP contribution is 2.22. The zero-order valence-electron chi connectivity index (χ0n) is 17.2. The van der Waals surface area contributed by atoms with Gasteiger partial charge in [0.15, 0.2) is 5.96 Å². The van der Waals surface area contributed by atoms with E-state index in [1.807, 2.05) is 37.3 Å². The standard InChI is InChI=1S/C21H31N5O2/c1-5-22-20(26-15-19-25-14-17(28-19)21(2,3)4)23-12-11-18(27)24-13-16-9-7-6-8-10-16/h6-10,14H,5,11-13,15H2,1-4H3,(H,24,27)(H2,22,23,26). The number of hydrogen-bond donors (Lipinski definition) is 3. The van der Waals surface area contributed by atoms with Gasteiger partial charge in [0.05, 0.1) is 6.20 Å². The molecule has 7 heteroatoms. The summed E-state index contributed by atoms with van der Waals surface area (Å²) in [6.45, 7) is 10.3. The van der Waals surface area contributed by atoms with Crippen molar-refractivity contribution in [2.24, 2.45) is 4.99 Å². The Morgan fingerprint density at radius 3 is 2.54 bits per heavy atom. The molecular weight excluding hydrogens is 354 g/mol. The van der Waals surface area contributed by atoms with Gasteiger partial charge in [0.25, 0.3) is 0 Å². The van der Waals surface area contributed by atoms with Gasteiger partial charge in [0.1, 0.15) is 12.3 Å². The molecule has 2 rings (SSSR count). The van der Waals surface area contributed by atoms with Crippen molar-refractivity contribution in [1.82, 2.24) is 20.9 Å². The Labute approximate surface area is 167 Å². The molecule has 0 bridgehead atoms. The average molecular weight is 386 g/mol. The van der Waals surface area contributed by atoms with E-state index in [9.17, 15) is 4.79 Å². The molecule has 0 radical (unpaired) electrons. The van der Waals surface area contributed by atoms with E-state index >= 15 is 0 Å². The molecule has 1 amide bonds. The van der Waals surface area contributed by atoms with Crippen molar-refractivity contribution in [3.63, 3.8) is 0 Å². The van der Waals surface area contributed by atoms with Crippen LogP contribution in [0.25, 0.3) is 0 Å². The number of amides is 1. The maximum atomic E-state index is 12.0. The Kier molecular flexibility index (Phi) is 8.04. The first-order chi connectivity index (χ1) is 13.4. The fraction of sp³-hybridized carbons (Fsp3) is 0.476. The topological polar surface area (TPSA) is 91.6 Å². The molecule has 0 aliphatic rings. The molecule has 1 heterocycles. The first-order valence-corrected chi connectivity index (χ1v) is 9.66. The SMILES string of the molecule is CCNC(=NCc1ncc(C(C)(C)C)o1)NCCC(=O)NCc1ccccc1. The highest BCUT2D eigenvalue weighted by molar-refractivity contribution is 5.81. The van der Waals surface area contributed by atoms with Crippen LogP contribution in [-0.2, 0) is 23.3 Å². The highest BCUT2D eigenvalue weighted by atomic mass is 16.4. The van der Waals surface area contributed by atoms with Gasteiger partial charge < -0.3 is 20.4 Å². The Bertz CT molecular complexity index is 763. The van der Waals surface area contributed by atoms with Crippen molar-refractivity contribution in [2.45, 2.75) is 52.6 Å². The quantitative estimate of drug-likeness (QED) is 0.480. The van der Waals surface area contributed by atoms with Crippen molar-refractivity contribution < 1.29 is 9.21 Å². The van der Waals surface area contributed by atoms with Gasteiger partial charge in [-0.1, -0.05) is 51.1 Å². The molecule has 0 saturated carbocycles. The summed E-state index contributed by atoms with van der Waals surface area (Å²) in [6, 6.07) is 9.85. The Morgan fingerprint density at radius 2 is 1.89 bits per heavy atom. The lowest BCUT2D eigenvalue weighted by molar-refractivity contribution is -0.121. The Morgan fingerprint density at radius 1 is 1.14 bits per heavy atom. The zero-order chi connectivity index (χ0) is 20.4. The Balaban J connectivity index is 1.77. The molecule has 7 nitrogen and oxygen atoms in total. The van der Waals surface area contributed by atoms with Crippen LogP contribution in [0.5, 0.6) is 0 Å². The van der Waals surface area contributed by atoms with E-state index in [1.165, 1.54) is 0 Å². The van der Waals surface area contributed by atoms with Crippen LogP contribution in [0.3, 0.4) is 0 Å². The molecule has 152 valence electrons. The molecule has 0 spiro atoms. The molecule has 0 fully saturated rings. The van der Waals surface area contributed by atoms with Crippen molar-refractivity contribution >= 4 is 11.9 Å². The third-order valence-corrected chi connectivity index (χ3v) is 3.99. The first-order valence-electron chi connectivity index (χ1n) is 9.66. The lowest BCUT2D eigenvalue weighted by Crippen LogP contribution is -2.39. The van der Waals surface area contributed by atoms with Gasteiger partial charge in [0, 0.05) is 31.5 Å². The molecule has 0 saturated heterocycles. The predicted octanol–water partition coefficient (Wildman–Crippen LogP) is 2.73. The fourth-order valence-electron chi connectivity index (χ4n) is 2.40. The number of carbonyl (C=O) groups is 1. The number of rotatable bonds is 8. The summed E-state index contributed by atoms with van der Waals surface area (Å²) >= 11 is 0. The molecule has 3 N–H and O–H groups in total. The molecular formula is C21H31N5O2. The van der Waals surface area contributed by atoms with Crippen LogP contribution in [-0.4, -0.2) is 29.9 Å². The fourth-order valence-corrected chi connectivity index (χ4v) is 2.40. The van der Waals surface area contributed by atoms with E-state index in [4.69, 9.17) is 4.42 Å². The molecule has 28 heavy (non-hydrogen) atoms. The second kappa shape index (κ2) is 10.5. The van der Waals surface area contributed by atoms with Crippen LogP contribution in [0, 0.1) is 0 Å². The zero-order valence-corrected chi connectivity index (χ0v) is 17.2. The third-order valence-electron chi connectivity index (χ3n) is 3.99. The van der Waals surface area contributed by atoms with E-state index in [0.717, 1.165) is 17.9 Å². The van der Waals surface area contributed by atoms with Gasteiger partial charge in [-0.05, 0) is 12.5 Å². The number of hydrogen-bond acceptors (Lipinski definition) is 4. The first kappa shape index (κ1) is 21.5. The lowest BCUT2D eigenvalue weighted by atomic mass is 9.94. The number of oxazole rings is 1. The van der Waals surface area contributed by atoms with E-state index in [-0.39, 0.29) is 11.3 Å². The van der Waals surface area contributed by atoms with Crippen LogP contribution in [0.1, 0.15) is 51.3 Å². The lowest BCUT2D eigenvalue weighted by Gasteiger charge is -2.13. The molecule has 1 aromatic carbocycles. The summed E-state index contributed by atoms with van der Waals surface area (Å²) in [5.74, 6) is 2.04. The van der Waals surface area contributed by atoms with Crippen LogP contribution in [0.15, 0.2) is 45.9 Å². The van der Waals surface area contributed by atoms with Crippen LogP contribution in [0.4, 0.5) is 0 Å². The van der Waals surface area contributed by atoms with Crippen LogP contribution >= 0.6 is 0 Å². The van der Waals surface area contributed by atoms with Gasteiger partial charge in [-0.25, -0.2) is 9.98 Å². The number of guanidine groups is 1. The van der Waals surface area contributed by atoms with Crippen molar-refractivity contribution in [3.8, 4) is 0 Å². The number of nitrogens with zero attached hydrogens (tertiary/aromatic N) is 2. The summed E-state index contributed by atoms with van der Waals surface area (Å²) in [5, 5.41) is 9.24. The number of benzene rings is 1. The van der Waals surface area contributed by atoms with Crippen molar-refractivity contribution in [2.75, 3.05) is 13.1 Å². The van der Waals surface area contributed by atoms with Gasteiger partial charge in [-0.3, -0.25) is 4.79 Å². The van der Waals surface area contributed by atoms with Crippen LogP contribution in [0.2, 0.25) is 0 Å². The van der Waals surface area contributed by atoms with Crippen LogP contribution < -0.4 is 16.0 Å². The monoisotopic (exact) mass is 385 g/mol. The number of nitrogens with one attached hydrogen (secondary N) is 3. The maximum Gasteiger partial charge on any atom is 0.222 e. The summed E-state index contributed by atoms with van der Waals surface area (Å²) < 4.78 is 5.76. The van der Waals surface area contributed by atoms with Gasteiger partial charge >= 0.3 is 0 Å². The number of carbonyl (C=O) groups excluding carboxylic acids is 1. The molecule has 0 aliphatic carbocycles. The third kappa shape index (κ3) is 7.42. The van der Waals surface area contributed by atoms with Crippen molar-refractivity contribution in [1.29, 1.82) is 0 Å². The van der Waals surface area contributed by atoms with E-state index in [2.05, 4.69) is 46.7 Å². The van der Waals surface area contributed by atoms with E-state index in [1.54, 1.807) is 6.20 Å². The average Bonchev–Trinajstić information content (AvgIpc) is 3.15. The maximum absolute atomic E-state index is 12.0. The minimum absolute atomic E-state index is 0.00489. The molecule has 1 aromatic heterocycles. The number of aliphatic imine (C=N–C) groups is 1. The highest BCUT2D eigenvalue weighted by Gasteiger charge is 2.19. The van der Waals surface area contributed by atoms with Gasteiger partial charge in [-0.15, -0.1) is 0 Å². The van der Waals surface area contributed by atoms with E-state index in [0.29, 0.717) is 37.9 Å². The summed E-state index contributed by atoms with van der Waals surface area (Å²) in [5.41, 5.74) is 1.00. The smallest absolute Gasteiger partial charge is 0.222 e. The summed E-state index contributed by atoms with van der Waals surface area (Å²) in [6.07, 6.45) is 2.12. The normalized spacial score (nSPS) is 11.9. The molecule has 0 atom stereocenters. The summed E-state index contributed by atoms with van der Waals surface area (Å²) in [4.78, 5) is 20.8. The van der Waals surface area contributed by atoms with Gasteiger partial charge in [-0.2, -0.15) is 0 Å². The molecule has 2 aromatic rings. The second-order valence-electron chi connectivity index (χ2n) is 7.50. The number of aromatic nitrogens is 1. The Hall–Kier alpha value is -2.83. The molecule has 0 unspecified atom stereocenters. The second-order valence-corrected chi connectivity index (χ2v) is 7.50. The molecule has 0 aliphatic heterocycles. The summed E-state index contributed by atoms with van der Waals surface area (Å²) in [7, 11) is 0. The minimum atomic E-state index is -0.0785. The van der Waals surface area contributed by atoms with E-state index < -0.39 is 0 Å². The van der Waals surface area contributed by atoms with Gasteiger partial charge in [0.2, 0.25) is 11.8 Å². The predicted molar refractivity (Wildman–Crippen MR) is 111 cm³/mol. The van der Waals surface area contributed by atoms with Crippen molar-refractivity contribution in [3.05, 3.63) is 53.7 Å². The minimum Gasteiger partial charge on any atom is -0.443 e. The largest absolute Gasteiger partial charge is 0.443 e.